The first-order valence-electron chi connectivity index (χ1n) is 6.78. The Labute approximate surface area is 120 Å². The van der Waals surface area contributed by atoms with Crippen LogP contribution in [0.5, 0.6) is 0 Å². The topological polar surface area (TPSA) is 56.2 Å². The minimum Gasteiger partial charge on any atom is -0.397 e. The molecule has 1 atom stereocenters. The van der Waals surface area contributed by atoms with Gasteiger partial charge < -0.3 is 5.73 Å². The molecule has 0 spiro atoms. The first-order valence-corrected chi connectivity index (χ1v) is 6.78. The van der Waals surface area contributed by atoms with E-state index in [-0.39, 0.29) is 23.9 Å². The smallest absolute Gasteiger partial charge is 0.235 e. The van der Waals surface area contributed by atoms with Gasteiger partial charge in [0.1, 0.15) is 5.83 Å². The highest BCUT2D eigenvalue weighted by atomic mass is 19.1. The minimum atomic E-state index is -0.280. The molecule has 0 aliphatic heterocycles. The number of nitrogens with zero attached hydrogens (tertiary/aromatic N) is 3. The van der Waals surface area contributed by atoms with Gasteiger partial charge in [0.15, 0.2) is 0 Å². The van der Waals surface area contributed by atoms with Crippen LogP contribution in [0.4, 0.5) is 4.39 Å². The van der Waals surface area contributed by atoms with Gasteiger partial charge in [-0.2, -0.15) is 0 Å². The molecule has 1 aliphatic rings. The molecular formula is C16H13FN4. The van der Waals surface area contributed by atoms with Crippen molar-refractivity contribution >= 4 is 16.8 Å². The fourth-order valence-electron chi connectivity index (χ4n) is 2.66. The molecule has 3 aromatic rings. The summed E-state index contributed by atoms with van der Waals surface area (Å²) in [4.78, 5) is 9.07. The second-order valence-electron chi connectivity index (χ2n) is 5.15. The van der Waals surface area contributed by atoms with Gasteiger partial charge in [0.2, 0.25) is 5.78 Å². The van der Waals surface area contributed by atoms with Crippen molar-refractivity contribution in [2.75, 3.05) is 0 Å². The van der Waals surface area contributed by atoms with Gasteiger partial charge in [0, 0.05) is 18.5 Å². The fourth-order valence-corrected chi connectivity index (χ4v) is 2.66. The number of allylic oxidation sites excluding steroid dienone is 3. The van der Waals surface area contributed by atoms with Gasteiger partial charge >= 0.3 is 0 Å². The van der Waals surface area contributed by atoms with Crippen LogP contribution in [0.3, 0.4) is 0 Å². The predicted octanol–water partition coefficient (Wildman–Crippen LogP) is 3.07. The van der Waals surface area contributed by atoms with Crippen molar-refractivity contribution in [3.8, 4) is 0 Å². The van der Waals surface area contributed by atoms with Crippen molar-refractivity contribution in [2.24, 2.45) is 5.73 Å². The third-order valence-electron chi connectivity index (χ3n) is 3.80. The molecule has 2 N–H and O–H groups in total. The molecule has 4 nitrogen and oxygen atoms in total. The van der Waals surface area contributed by atoms with Gasteiger partial charge in [-0.25, -0.2) is 14.4 Å². The number of imidazole rings is 1. The first-order chi connectivity index (χ1) is 10.2. The maximum absolute atomic E-state index is 13.6. The Morgan fingerprint density at radius 3 is 2.90 bits per heavy atom. The molecule has 0 fully saturated rings. The van der Waals surface area contributed by atoms with Crippen LogP contribution in [0, 0.1) is 0 Å². The highest BCUT2D eigenvalue weighted by Crippen LogP contribution is 2.30. The van der Waals surface area contributed by atoms with Crippen molar-refractivity contribution in [3.05, 3.63) is 65.9 Å². The Kier molecular flexibility index (Phi) is 2.54. The summed E-state index contributed by atoms with van der Waals surface area (Å²) >= 11 is 0. The Balaban J connectivity index is 1.81. The van der Waals surface area contributed by atoms with Crippen molar-refractivity contribution in [1.29, 1.82) is 0 Å². The molecule has 1 aromatic carbocycles. The molecular weight excluding hydrogens is 267 g/mol. The largest absolute Gasteiger partial charge is 0.397 e. The molecule has 1 aliphatic carbocycles. The lowest BCUT2D eigenvalue weighted by Crippen LogP contribution is -2.08. The third kappa shape index (κ3) is 1.89. The molecule has 1 unspecified atom stereocenters. The molecule has 0 amide bonds. The van der Waals surface area contributed by atoms with E-state index in [0.29, 0.717) is 5.78 Å². The lowest BCUT2D eigenvalue weighted by atomic mass is 9.95. The van der Waals surface area contributed by atoms with E-state index in [1.54, 1.807) is 6.08 Å². The lowest BCUT2D eigenvalue weighted by Gasteiger charge is -2.15. The molecule has 0 saturated heterocycles. The van der Waals surface area contributed by atoms with E-state index in [1.807, 2.05) is 47.0 Å². The second kappa shape index (κ2) is 4.41. The summed E-state index contributed by atoms with van der Waals surface area (Å²) < 4.78 is 15.6. The highest BCUT2D eigenvalue weighted by molar-refractivity contribution is 5.79. The highest BCUT2D eigenvalue weighted by Gasteiger charge is 2.19. The summed E-state index contributed by atoms with van der Waals surface area (Å²) in [5.41, 5.74) is 8.47. The number of halogens is 1. The average molecular weight is 280 g/mol. The van der Waals surface area contributed by atoms with Gasteiger partial charge in [0.25, 0.3) is 0 Å². The maximum atomic E-state index is 13.6. The summed E-state index contributed by atoms with van der Waals surface area (Å²) in [7, 11) is 0. The van der Waals surface area contributed by atoms with E-state index in [4.69, 9.17) is 5.73 Å². The zero-order valence-electron chi connectivity index (χ0n) is 11.2. The Morgan fingerprint density at radius 2 is 2.05 bits per heavy atom. The number of hydrogen-bond acceptors (Lipinski definition) is 3. The number of rotatable bonds is 1. The Hall–Kier alpha value is -2.69. The number of hydrogen-bond donors (Lipinski definition) is 1. The SMILES string of the molecule is NC1=C(F)CC(c2ccn3c(n2)nc2ccccc23)C=C1. The fraction of sp³-hybridized carbons (Fsp3) is 0.125. The summed E-state index contributed by atoms with van der Waals surface area (Å²) in [6, 6.07) is 9.78. The summed E-state index contributed by atoms with van der Waals surface area (Å²) in [5.74, 6) is 0.254. The second-order valence-corrected chi connectivity index (χ2v) is 5.15. The van der Waals surface area contributed by atoms with Crippen LogP contribution in [0.15, 0.2) is 60.2 Å². The number of aromatic nitrogens is 3. The van der Waals surface area contributed by atoms with E-state index >= 15 is 0 Å². The van der Waals surface area contributed by atoms with Crippen LogP contribution in [-0.2, 0) is 0 Å². The average Bonchev–Trinajstić information content (AvgIpc) is 2.87. The third-order valence-corrected chi connectivity index (χ3v) is 3.80. The molecule has 21 heavy (non-hydrogen) atoms. The Morgan fingerprint density at radius 1 is 1.19 bits per heavy atom. The zero-order chi connectivity index (χ0) is 14.4. The Bertz CT molecular complexity index is 907. The normalized spacial score (nSPS) is 18.8. The van der Waals surface area contributed by atoms with Crippen LogP contribution < -0.4 is 5.73 Å². The molecule has 4 rings (SSSR count). The number of fused-ring (bicyclic) bond motifs is 3. The standard InChI is InChI=1S/C16H13FN4/c17-11-9-10(5-6-12(11)18)13-7-8-21-15-4-2-1-3-14(15)20-16(21)19-13/h1-8,10H,9,18H2. The van der Waals surface area contributed by atoms with Gasteiger partial charge in [-0.15, -0.1) is 0 Å². The van der Waals surface area contributed by atoms with Crippen molar-refractivity contribution < 1.29 is 4.39 Å². The van der Waals surface area contributed by atoms with E-state index < -0.39 is 0 Å². The van der Waals surface area contributed by atoms with Gasteiger partial charge in [-0.3, -0.25) is 4.40 Å². The van der Waals surface area contributed by atoms with Crippen LogP contribution in [0.1, 0.15) is 18.0 Å². The van der Waals surface area contributed by atoms with Crippen LogP contribution in [-0.4, -0.2) is 14.4 Å². The molecule has 5 heteroatoms. The van der Waals surface area contributed by atoms with E-state index in [9.17, 15) is 4.39 Å². The van der Waals surface area contributed by atoms with Gasteiger partial charge in [-0.1, -0.05) is 18.2 Å². The minimum absolute atomic E-state index is 0.0953. The monoisotopic (exact) mass is 280 g/mol. The summed E-state index contributed by atoms with van der Waals surface area (Å²) in [6.45, 7) is 0. The van der Waals surface area contributed by atoms with Crippen LogP contribution in [0.25, 0.3) is 16.8 Å². The molecule has 2 heterocycles. The van der Waals surface area contributed by atoms with E-state index in [2.05, 4.69) is 9.97 Å². The summed E-state index contributed by atoms with van der Waals surface area (Å²) in [6.07, 6.45) is 5.68. The first kappa shape index (κ1) is 12.1. The number of benzene rings is 1. The van der Waals surface area contributed by atoms with Crippen LogP contribution >= 0.6 is 0 Å². The molecule has 0 saturated carbocycles. The van der Waals surface area contributed by atoms with Crippen LogP contribution in [0.2, 0.25) is 0 Å². The van der Waals surface area contributed by atoms with Crippen molar-refractivity contribution in [2.45, 2.75) is 12.3 Å². The number of nitrogens with two attached hydrogens (primary N) is 1. The van der Waals surface area contributed by atoms with E-state index in [1.165, 1.54) is 0 Å². The van der Waals surface area contributed by atoms with Crippen molar-refractivity contribution in [1.82, 2.24) is 14.4 Å². The molecule has 104 valence electrons. The predicted molar refractivity (Wildman–Crippen MR) is 79.3 cm³/mol. The van der Waals surface area contributed by atoms with Crippen molar-refractivity contribution in [3.63, 3.8) is 0 Å². The molecule has 0 radical (unpaired) electrons. The maximum Gasteiger partial charge on any atom is 0.235 e. The van der Waals surface area contributed by atoms with Gasteiger partial charge in [-0.05, 0) is 24.3 Å². The zero-order valence-corrected chi connectivity index (χ0v) is 11.2. The lowest BCUT2D eigenvalue weighted by molar-refractivity contribution is 0.550. The summed E-state index contributed by atoms with van der Waals surface area (Å²) in [5, 5.41) is 0. The van der Waals surface area contributed by atoms with E-state index in [0.717, 1.165) is 16.7 Å². The molecule has 2 aromatic heterocycles. The van der Waals surface area contributed by atoms with Gasteiger partial charge in [0.05, 0.1) is 22.4 Å². The number of para-hydroxylation sites is 2. The molecule has 0 bridgehead atoms. The quantitative estimate of drug-likeness (QED) is 0.745.